The Balaban J connectivity index is -0.000000135. The number of amides is 4. The van der Waals surface area contributed by atoms with E-state index in [9.17, 15) is 0 Å². The third-order valence-corrected chi connectivity index (χ3v) is 0.421. The maximum absolute atomic E-state index is 9.00. The second-order valence-corrected chi connectivity index (χ2v) is 1.82. The molecule has 0 aromatic heterocycles. The molecule has 0 aliphatic carbocycles. The van der Waals surface area contributed by atoms with E-state index in [4.69, 9.17) is 24.9 Å². The van der Waals surface area contributed by atoms with E-state index >= 15 is 0 Å². The van der Waals surface area contributed by atoms with E-state index in [0.717, 1.165) is 0 Å². The highest BCUT2D eigenvalue weighted by Crippen LogP contribution is 1.71. The fourth-order valence-electron chi connectivity index (χ4n) is 0.0577. The first-order valence-corrected chi connectivity index (χ1v) is 3.27. The van der Waals surface area contributed by atoms with Crippen LogP contribution >= 0.6 is 0 Å². The van der Waals surface area contributed by atoms with E-state index in [-0.39, 0.29) is 13.2 Å². The van der Waals surface area contributed by atoms with Gasteiger partial charge in [0.1, 0.15) is 6.10 Å². The molecule has 0 unspecified atom stereocenters. The molecule has 0 bridgehead atoms. The van der Waals surface area contributed by atoms with Gasteiger partial charge in [-0.1, -0.05) is 0 Å². The number of carbonyl (C=O) groups is 2. The van der Waals surface area contributed by atoms with Crippen molar-refractivity contribution in [3.63, 3.8) is 0 Å². The average molecular weight is 212 g/mol. The van der Waals surface area contributed by atoms with Gasteiger partial charge in [-0.15, -0.1) is 0 Å². The summed E-state index contributed by atoms with van der Waals surface area (Å²) >= 11 is 0. The zero-order chi connectivity index (χ0) is 12.1. The van der Waals surface area contributed by atoms with Crippen LogP contribution in [0.25, 0.3) is 0 Å². The van der Waals surface area contributed by atoms with Crippen molar-refractivity contribution in [2.75, 3.05) is 13.2 Å². The van der Waals surface area contributed by atoms with E-state index in [0.29, 0.717) is 0 Å². The molecule has 0 saturated heterocycles. The molecule has 0 radical (unpaired) electrons. The number of hydrogen-bond acceptors (Lipinski definition) is 5. The smallest absolute Gasteiger partial charge is 0.309 e. The number of aliphatic hydroxyl groups is 3. The summed E-state index contributed by atoms with van der Waals surface area (Å²) in [5, 5.41) is 24.0. The standard InChI is InChI=1S/C3H8O3.2CH4N2O/c4-1-3(6)2-5;2*2-1(3)4/h3-6H,1-2H2;2*(H4,2,3,4). The molecule has 11 N–H and O–H groups in total. The molecular weight excluding hydrogens is 196 g/mol. The Morgan fingerprint density at radius 2 is 1.07 bits per heavy atom. The van der Waals surface area contributed by atoms with Crippen molar-refractivity contribution in [2.24, 2.45) is 22.9 Å². The van der Waals surface area contributed by atoms with E-state index in [1.54, 1.807) is 0 Å². The molecule has 0 fully saturated rings. The molecule has 0 aromatic carbocycles. The molecule has 86 valence electrons. The minimum Gasteiger partial charge on any atom is -0.394 e. The van der Waals surface area contributed by atoms with Gasteiger partial charge in [0.05, 0.1) is 13.2 Å². The van der Waals surface area contributed by atoms with Gasteiger partial charge in [-0.25, -0.2) is 9.59 Å². The summed E-state index contributed by atoms with van der Waals surface area (Å²) in [5.41, 5.74) is 17.0. The van der Waals surface area contributed by atoms with Crippen molar-refractivity contribution in [3.05, 3.63) is 0 Å². The minimum atomic E-state index is -0.954. The lowest BCUT2D eigenvalue weighted by Gasteiger charge is -1.96. The number of urea groups is 2. The van der Waals surface area contributed by atoms with Crippen molar-refractivity contribution < 1.29 is 24.9 Å². The summed E-state index contributed by atoms with van der Waals surface area (Å²) in [7, 11) is 0. The highest BCUT2D eigenvalue weighted by molar-refractivity contribution is 5.69. The van der Waals surface area contributed by atoms with Crippen LogP contribution in [-0.4, -0.2) is 46.7 Å². The zero-order valence-electron chi connectivity index (χ0n) is 7.46. The van der Waals surface area contributed by atoms with Gasteiger partial charge in [-0.2, -0.15) is 0 Å². The van der Waals surface area contributed by atoms with Crippen LogP contribution in [0.2, 0.25) is 0 Å². The highest BCUT2D eigenvalue weighted by Gasteiger charge is 1.93. The quantitative estimate of drug-likeness (QED) is 0.247. The third kappa shape index (κ3) is 158. The predicted molar refractivity (Wildman–Crippen MR) is 47.7 cm³/mol. The Kier molecular flexibility index (Phi) is 18.2. The van der Waals surface area contributed by atoms with Crippen molar-refractivity contribution in [2.45, 2.75) is 6.10 Å². The molecule has 0 atom stereocenters. The Labute approximate surface area is 80.3 Å². The minimum absolute atomic E-state index is 0.365. The van der Waals surface area contributed by atoms with E-state index < -0.39 is 18.2 Å². The second-order valence-electron chi connectivity index (χ2n) is 1.82. The highest BCUT2D eigenvalue weighted by atomic mass is 16.3. The molecule has 0 rings (SSSR count). The van der Waals surface area contributed by atoms with Gasteiger partial charge in [0.15, 0.2) is 0 Å². The lowest BCUT2D eigenvalue weighted by Crippen LogP contribution is -2.18. The van der Waals surface area contributed by atoms with Gasteiger partial charge < -0.3 is 38.3 Å². The molecule has 0 heterocycles. The van der Waals surface area contributed by atoms with Gasteiger partial charge in [0.25, 0.3) is 0 Å². The van der Waals surface area contributed by atoms with Gasteiger partial charge in [-0.3, -0.25) is 0 Å². The molecule has 9 heteroatoms. The second kappa shape index (κ2) is 14.0. The van der Waals surface area contributed by atoms with Gasteiger partial charge in [-0.05, 0) is 0 Å². The summed E-state index contributed by atoms with van der Waals surface area (Å²) in [4.78, 5) is 18.0. The number of aliphatic hydroxyl groups excluding tert-OH is 3. The number of primary amides is 4. The first-order valence-electron chi connectivity index (χ1n) is 3.27. The normalized spacial score (nSPS) is 7.71. The van der Waals surface area contributed by atoms with Crippen LogP contribution in [-0.2, 0) is 0 Å². The first kappa shape index (κ1) is 18.3. The van der Waals surface area contributed by atoms with Crippen molar-refractivity contribution in [3.8, 4) is 0 Å². The maximum Gasteiger partial charge on any atom is 0.309 e. The molecule has 0 aliphatic rings. The number of hydrogen-bond donors (Lipinski definition) is 7. The van der Waals surface area contributed by atoms with Crippen LogP contribution in [0.4, 0.5) is 9.59 Å². The average Bonchev–Trinajstić information content (AvgIpc) is 2.01. The van der Waals surface area contributed by atoms with E-state index in [2.05, 4.69) is 22.9 Å². The van der Waals surface area contributed by atoms with Gasteiger partial charge in [0, 0.05) is 0 Å². The summed E-state index contributed by atoms with van der Waals surface area (Å²) in [6, 6.07) is -1.67. The first-order chi connectivity index (χ1) is 6.27. The Morgan fingerprint density at radius 1 is 0.929 bits per heavy atom. The molecule has 0 aromatic rings. The Hall–Kier alpha value is -1.58. The van der Waals surface area contributed by atoms with Crippen LogP contribution < -0.4 is 22.9 Å². The molecule has 9 nitrogen and oxygen atoms in total. The third-order valence-electron chi connectivity index (χ3n) is 0.421. The fraction of sp³-hybridized carbons (Fsp3) is 0.600. The summed E-state index contributed by atoms with van der Waals surface area (Å²) in [6.07, 6.45) is -0.954. The number of rotatable bonds is 2. The Morgan fingerprint density at radius 3 is 1.07 bits per heavy atom. The van der Waals surface area contributed by atoms with Crippen molar-refractivity contribution in [1.29, 1.82) is 0 Å². The number of carbonyl (C=O) groups excluding carboxylic acids is 2. The van der Waals surface area contributed by atoms with Crippen LogP contribution in [0.3, 0.4) is 0 Å². The molecule has 0 aliphatic heterocycles. The largest absolute Gasteiger partial charge is 0.394 e. The van der Waals surface area contributed by atoms with Crippen LogP contribution in [0.1, 0.15) is 0 Å². The summed E-state index contributed by atoms with van der Waals surface area (Å²) in [5.74, 6) is 0. The summed E-state index contributed by atoms with van der Waals surface area (Å²) < 4.78 is 0. The molecule has 0 spiro atoms. The van der Waals surface area contributed by atoms with Crippen LogP contribution in [0.5, 0.6) is 0 Å². The Bertz CT molecular complexity index is 129. The molecular formula is C5H16N4O5. The lowest BCUT2D eigenvalue weighted by atomic mass is 10.4. The SMILES string of the molecule is NC(N)=O.NC(N)=O.OCC(O)CO. The number of nitrogens with two attached hydrogens (primary N) is 4. The molecule has 14 heavy (non-hydrogen) atoms. The maximum atomic E-state index is 9.00. The topological polar surface area (TPSA) is 199 Å². The monoisotopic (exact) mass is 212 g/mol. The van der Waals surface area contributed by atoms with Crippen LogP contribution in [0, 0.1) is 0 Å². The van der Waals surface area contributed by atoms with E-state index in [1.165, 1.54) is 0 Å². The lowest BCUT2D eigenvalue weighted by molar-refractivity contribution is 0.0450. The van der Waals surface area contributed by atoms with Gasteiger partial charge in [0.2, 0.25) is 0 Å². The van der Waals surface area contributed by atoms with Crippen molar-refractivity contribution in [1.82, 2.24) is 0 Å². The summed E-state index contributed by atoms with van der Waals surface area (Å²) in [6.45, 7) is -0.729. The molecule has 0 saturated carbocycles. The van der Waals surface area contributed by atoms with Crippen LogP contribution in [0.15, 0.2) is 0 Å². The fourth-order valence-corrected chi connectivity index (χ4v) is 0.0577. The molecule has 4 amide bonds. The predicted octanol–water partition coefficient (Wildman–Crippen LogP) is -3.62. The van der Waals surface area contributed by atoms with E-state index in [1.807, 2.05) is 0 Å². The van der Waals surface area contributed by atoms with Crippen molar-refractivity contribution >= 4 is 12.1 Å². The van der Waals surface area contributed by atoms with Gasteiger partial charge >= 0.3 is 12.1 Å². The zero-order valence-corrected chi connectivity index (χ0v) is 7.46.